The number of esters is 2. The number of carboxylic acid groups (broad SMARTS) is 1. The summed E-state index contributed by atoms with van der Waals surface area (Å²) in [6.07, 6.45) is -0.498. The average molecular weight is 356 g/mol. The highest BCUT2D eigenvalue weighted by molar-refractivity contribution is 5.95. The van der Waals surface area contributed by atoms with Crippen molar-refractivity contribution in [3.05, 3.63) is 71.8 Å². The maximum atomic E-state index is 12.3. The summed E-state index contributed by atoms with van der Waals surface area (Å²) >= 11 is 0. The summed E-state index contributed by atoms with van der Waals surface area (Å²) in [5.41, 5.74) is 1.55. The molecule has 26 heavy (non-hydrogen) atoms. The van der Waals surface area contributed by atoms with Gasteiger partial charge in [-0.25, -0.2) is 0 Å². The summed E-state index contributed by atoms with van der Waals surface area (Å²) in [5.74, 6) is -3.93. The van der Waals surface area contributed by atoms with Crippen LogP contribution in [0.15, 0.2) is 60.7 Å². The summed E-state index contributed by atoms with van der Waals surface area (Å²) in [6.45, 7) is 0.0183. The minimum Gasteiger partial charge on any atom is -0.481 e. The van der Waals surface area contributed by atoms with Crippen LogP contribution in [-0.2, 0) is 37.1 Å². The molecule has 6 nitrogen and oxygen atoms in total. The van der Waals surface area contributed by atoms with Crippen molar-refractivity contribution in [2.75, 3.05) is 0 Å². The molecule has 1 N–H and O–H groups in total. The van der Waals surface area contributed by atoms with Crippen LogP contribution in [0.1, 0.15) is 24.0 Å². The van der Waals surface area contributed by atoms with Crippen LogP contribution in [-0.4, -0.2) is 23.0 Å². The lowest BCUT2D eigenvalue weighted by Crippen LogP contribution is -2.28. The molecule has 0 bridgehead atoms. The highest BCUT2D eigenvalue weighted by atomic mass is 16.6. The molecule has 0 spiro atoms. The van der Waals surface area contributed by atoms with E-state index in [9.17, 15) is 14.4 Å². The van der Waals surface area contributed by atoms with Gasteiger partial charge in [-0.3, -0.25) is 14.4 Å². The smallest absolute Gasteiger partial charge is 0.320 e. The van der Waals surface area contributed by atoms with E-state index in [2.05, 4.69) is 0 Å². The van der Waals surface area contributed by atoms with Gasteiger partial charge in [-0.05, 0) is 17.5 Å². The van der Waals surface area contributed by atoms with Gasteiger partial charge in [0.25, 0.3) is 0 Å². The molecule has 0 saturated heterocycles. The number of carbonyl (C=O) groups excluding carboxylic acids is 2. The zero-order valence-corrected chi connectivity index (χ0v) is 14.2. The van der Waals surface area contributed by atoms with E-state index >= 15 is 0 Å². The van der Waals surface area contributed by atoms with Crippen LogP contribution in [0.2, 0.25) is 0 Å². The van der Waals surface area contributed by atoms with Crippen molar-refractivity contribution in [1.82, 2.24) is 0 Å². The minimum atomic E-state index is -1.27. The number of hydrogen-bond donors (Lipinski definition) is 1. The second-order valence-corrected chi connectivity index (χ2v) is 5.67. The van der Waals surface area contributed by atoms with Crippen molar-refractivity contribution >= 4 is 17.9 Å². The van der Waals surface area contributed by atoms with Crippen LogP contribution < -0.4 is 0 Å². The summed E-state index contributed by atoms with van der Waals surface area (Å²) in [5, 5.41) is 8.84. The Balaban J connectivity index is 1.95. The first-order valence-electron chi connectivity index (χ1n) is 8.19. The summed E-state index contributed by atoms with van der Waals surface area (Å²) in [4.78, 5) is 35.3. The Bertz CT molecular complexity index is 671. The largest absolute Gasteiger partial charge is 0.481 e. The first-order chi connectivity index (χ1) is 12.6. The predicted octanol–water partition coefficient (Wildman–Crippen LogP) is 2.95. The van der Waals surface area contributed by atoms with Gasteiger partial charge < -0.3 is 14.6 Å². The molecule has 0 aromatic heterocycles. The number of carbonyl (C=O) groups is 3. The topological polar surface area (TPSA) is 89.9 Å². The number of benzene rings is 2. The van der Waals surface area contributed by atoms with Crippen molar-refractivity contribution in [1.29, 1.82) is 0 Å². The van der Waals surface area contributed by atoms with Crippen molar-refractivity contribution in [3.63, 3.8) is 0 Å². The van der Waals surface area contributed by atoms with E-state index in [1.165, 1.54) is 0 Å². The Morgan fingerprint density at radius 3 is 1.58 bits per heavy atom. The zero-order valence-electron chi connectivity index (χ0n) is 14.2. The van der Waals surface area contributed by atoms with Gasteiger partial charge in [0, 0.05) is 6.42 Å². The molecule has 0 aliphatic heterocycles. The van der Waals surface area contributed by atoms with E-state index < -0.39 is 23.8 Å². The van der Waals surface area contributed by atoms with Gasteiger partial charge in [-0.2, -0.15) is 0 Å². The van der Waals surface area contributed by atoms with Crippen molar-refractivity contribution in [3.8, 4) is 0 Å². The number of rotatable bonds is 9. The third-order valence-corrected chi connectivity index (χ3v) is 3.66. The summed E-state index contributed by atoms with van der Waals surface area (Å²) in [6, 6.07) is 18.0. The van der Waals surface area contributed by atoms with Crippen LogP contribution >= 0.6 is 0 Å². The van der Waals surface area contributed by atoms with Gasteiger partial charge >= 0.3 is 17.9 Å². The molecular formula is C20H20O6. The van der Waals surface area contributed by atoms with Crippen LogP contribution in [0.4, 0.5) is 0 Å². The monoisotopic (exact) mass is 356 g/mol. The molecule has 0 saturated carbocycles. The van der Waals surface area contributed by atoms with E-state index in [4.69, 9.17) is 14.6 Å². The molecule has 0 aliphatic carbocycles. The standard InChI is InChI=1S/C20H20O6/c21-18(22)12-11-17(19(23)25-13-15-7-3-1-4-8-15)20(24)26-14-16-9-5-2-6-10-16/h1-10,17H,11-14H2,(H,21,22). The van der Waals surface area contributed by atoms with Gasteiger partial charge in [-0.1, -0.05) is 60.7 Å². The lowest BCUT2D eigenvalue weighted by molar-refractivity contribution is -0.164. The Labute approximate surface area is 151 Å². The molecule has 0 amide bonds. The van der Waals surface area contributed by atoms with E-state index in [-0.39, 0.29) is 26.1 Å². The molecule has 136 valence electrons. The van der Waals surface area contributed by atoms with Crippen LogP contribution in [0.25, 0.3) is 0 Å². The van der Waals surface area contributed by atoms with Gasteiger partial charge in [0.15, 0.2) is 5.92 Å². The van der Waals surface area contributed by atoms with Gasteiger partial charge in [-0.15, -0.1) is 0 Å². The van der Waals surface area contributed by atoms with Crippen molar-refractivity contribution in [2.45, 2.75) is 26.1 Å². The average Bonchev–Trinajstić information content (AvgIpc) is 2.66. The Kier molecular flexibility index (Phi) is 7.36. The normalized spacial score (nSPS) is 10.3. The maximum Gasteiger partial charge on any atom is 0.320 e. The Hall–Kier alpha value is -3.15. The lowest BCUT2D eigenvalue weighted by Gasteiger charge is -2.15. The second kappa shape index (κ2) is 9.98. The molecule has 0 radical (unpaired) electrons. The van der Waals surface area contributed by atoms with Crippen LogP contribution in [0.5, 0.6) is 0 Å². The Morgan fingerprint density at radius 2 is 1.19 bits per heavy atom. The predicted molar refractivity (Wildman–Crippen MR) is 92.8 cm³/mol. The lowest BCUT2D eigenvalue weighted by atomic mass is 10.0. The summed E-state index contributed by atoms with van der Waals surface area (Å²) in [7, 11) is 0. The molecule has 0 unspecified atom stereocenters. The van der Waals surface area contributed by atoms with Gasteiger partial charge in [0.2, 0.25) is 0 Å². The first kappa shape index (κ1) is 19.2. The van der Waals surface area contributed by atoms with Gasteiger partial charge in [0.05, 0.1) is 0 Å². The zero-order chi connectivity index (χ0) is 18.8. The fourth-order valence-corrected chi connectivity index (χ4v) is 2.26. The molecule has 6 heteroatoms. The highest BCUT2D eigenvalue weighted by Gasteiger charge is 2.30. The van der Waals surface area contributed by atoms with Crippen LogP contribution in [0, 0.1) is 5.92 Å². The number of ether oxygens (including phenoxy) is 2. The molecule has 0 heterocycles. The SMILES string of the molecule is O=C(O)CCC(C(=O)OCc1ccccc1)C(=O)OCc1ccccc1. The van der Waals surface area contributed by atoms with E-state index in [1.807, 2.05) is 12.1 Å². The second-order valence-electron chi connectivity index (χ2n) is 5.67. The maximum absolute atomic E-state index is 12.3. The van der Waals surface area contributed by atoms with E-state index in [0.717, 1.165) is 11.1 Å². The first-order valence-corrected chi connectivity index (χ1v) is 8.19. The molecule has 2 aromatic rings. The van der Waals surface area contributed by atoms with E-state index in [0.29, 0.717) is 0 Å². The third-order valence-electron chi connectivity index (χ3n) is 3.66. The molecule has 2 rings (SSSR count). The molecule has 2 aromatic carbocycles. The molecule has 0 aliphatic rings. The van der Waals surface area contributed by atoms with Crippen molar-refractivity contribution in [2.24, 2.45) is 5.92 Å². The number of carboxylic acids is 1. The number of hydrogen-bond acceptors (Lipinski definition) is 5. The van der Waals surface area contributed by atoms with E-state index in [1.54, 1.807) is 48.5 Å². The number of aliphatic carboxylic acids is 1. The fourth-order valence-electron chi connectivity index (χ4n) is 2.26. The highest BCUT2D eigenvalue weighted by Crippen LogP contribution is 2.15. The van der Waals surface area contributed by atoms with Crippen molar-refractivity contribution < 1.29 is 29.0 Å². The third kappa shape index (κ3) is 6.39. The molecule has 0 atom stereocenters. The van der Waals surface area contributed by atoms with Gasteiger partial charge in [0.1, 0.15) is 13.2 Å². The molecular weight excluding hydrogens is 336 g/mol. The minimum absolute atomic E-state index is 0.00914. The van der Waals surface area contributed by atoms with Crippen LogP contribution in [0.3, 0.4) is 0 Å². The molecule has 0 fully saturated rings. The quantitative estimate of drug-likeness (QED) is 0.549. The fraction of sp³-hybridized carbons (Fsp3) is 0.250. The Morgan fingerprint density at radius 1 is 0.769 bits per heavy atom. The summed E-state index contributed by atoms with van der Waals surface area (Å²) < 4.78 is 10.3.